The molecule has 0 aliphatic rings. The number of halogens is 2. The third-order valence-electron chi connectivity index (χ3n) is 3.48. The van der Waals surface area contributed by atoms with Crippen molar-refractivity contribution in [2.75, 3.05) is 24.9 Å². The maximum Gasteiger partial charge on any atom is 0.339 e. The highest BCUT2D eigenvalue weighted by Gasteiger charge is 2.21. The number of hydrogen-bond donors (Lipinski definition) is 2. The SMILES string of the molecule is COC(=O)c1ccc(C(=O)OC)c(NC(=O)C(=O)Nc2ccc(Cl)c(Cl)c2)c1. The Balaban J connectivity index is 2.24. The Kier molecular flexibility index (Phi) is 6.97. The van der Waals surface area contributed by atoms with Crippen LogP contribution in [0.5, 0.6) is 0 Å². The minimum absolute atomic E-state index is 0.0501. The number of anilines is 2. The second-order valence-corrected chi connectivity index (χ2v) is 6.10. The minimum Gasteiger partial charge on any atom is -0.465 e. The second-order valence-electron chi connectivity index (χ2n) is 5.28. The molecule has 0 aliphatic carbocycles. The van der Waals surface area contributed by atoms with Crippen LogP contribution in [-0.2, 0) is 19.1 Å². The topological polar surface area (TPSA) is 111 Å². The zero-order chi connectivity index (χ0) is 20.8. The van der Waals surface area contributed by atoms with Gasteiger partial charge in [-0.1, -0.05) is 23.2 Å². The lowest BCUT2D eigenvalue weighted by Crippen LogP contribution is -2.30. The molecule has 2 aromatic rings. The number of carbonyl (C=O) groups is 4. The molecule has 2 rings (SSSR count). The van der Waals surface area contributed by atoms with E-state index in [-0.39, 0.29) is 32.5 Å². The predicted octanol–water partition coefficient (Wildman–Crippen LogP) is 3.14. The van der Waals surface area contributed by atoms with Crippen LogP contribution in [0.25, 0.3) is 0 Å². The highest BCUT2D eigenvalue weighted by atomic mass is 35.5. The first-order chi connectivity index (χ1) is 13.3. The summed E-state index contributed by atoms with van der Waals surface area (Å²) in [5.74, 6) is -3.57. The van der Waals surface area contributed by atoms with Gasteiger partial charge in [-0.3, -0.25) is 9.59 Å². The number of esters is 2. The standard InChI is InChI=1S/C18H14Cl2N2O6/c1-27-17(25)9-3-5-11(18(26)28-2)14(7-9)22-16(24)15(23)21-10-4-6-12(19)13(20)8-10/h3-8H,1-2H3,(H,21,23)(H,22,24). The van der Waals surface area contributed by atoms with Crippen LogP contribution in [0.3, 0.4) is 0 Å². The number of rotatable bonds is 4. The fraction of sp³-hybridized carbons (Fsp3) is 0.111. The second kappa shape index (κ2) is 9.20. The van der Waals surface area contributed by atoms with Gasteiger partial charge < -0.3 is 20.1 Å². The van der Waals surface area contributed by atoms with Gasteiger partial charge in [0.25, 0.3) is 0 Å². The van der Waals surface area contributed by atoms with Crippen molar-refractivity contribution in [1.29, 1.82) is 0 Å². The zero-order valence-electron chi connectivity index (χ0n) is 14.7. The van der Waals surface area contributed by atoms with Crippen LogP contribution in [0.2, 0.25) is 10.0 Å². The molecule has 10 heteroatoms. The van der Waals surface area contributed by atoms with Gasteiger partial charge in [0.2, 0.25) is 0 Å². The highest BCUT2D eigenvalue weighted by molar-refractivity contribution is 6.44. The molecule has 8 nitrogen and oxygen atoms in total. The van der Waals surface area contributed by atoms with Gasteiger partial charge >= 0.3 is 23.8 Å². The number of benzene rings is 2. The Morgan fingerprint density at radius 3 is 2.04 bits per heavy atom. The summed E-state index contributed by atoms with van der Waals surface area (Å²) < 4.78 is 9.23. The van der Waals surface area contributed by atoms with E-state index in [1.165, 1.54) is 43.5 Å². The number of hydrogen-bond acceptors (Lipinski definition) is 6. The van der Waals surface area contributed by atoms with Crippen molar-refractivity contribution in [2.45, 2.75) is 0 Å². The van der Waals surface area contributed by atoms with E-state index in [1.807, 2.05) is 0 Å². The van der Waals surface area contributed by atoms with Crippen molar-refractivity contribution in [1.82, 2.24) is 0 Å². The van der Waals surface area contributed by atoms with Crippen molar-refractivity contribution >= 4 is 58.3 Å². The van der Waals surface area contributed by atoms with Gasteiger partial charge in [-0.15, -0.1) is 0 Å². The summed E-state index contributed by atoms with van der Waals surface area (Å²) in [5.41, 5.74) is 0.163. The molecule has 2 aromatic carbocycles. The van der Waals surface area contributed by atoms with E-state index in [4.69, 9.17) is 23.2 Å². The van der Waals surface area contributed by atoms with Crippen LogP contribution < -0.4 is 10.6 Å². The molecule has 0 bridgehead atoms. The first-order valence-corrected chi connectivity index (χ1v) is 8.40. The van der Waals surface area contributed by atoms with Gasteiger partial charge in [-0.05, 0) is 36.4 Å². The molecule has 0 heterocycles. The molecule has 28 heavy (non-hydrogen) atoms. The van der Waals surface area contributed by atoms with Crippen molar-refractivity contribution in [3.63, 3.8) is 0 Å². The van der Waals surface area contributed by atoms with Crippen LogP contribution >= 0.6 is 23.2 Å². The monoisotopic (exact) mass is 424 g/mol. The normalized spacial score (nSPS) is 10.0. The van der Waals surface area contributed by atoms with Gasteiger partial charge in [0, 0.05) is 5.69 Å². The lowest BCUT2D eigenvalue weighted by Gasteiger charge is -2.11. The van der Waals surface area contributed by atoms with E-state index < -0.39 is 23.8 Å². The summed E-state index contributed by atoms with van der Waals surface area (Å²) in [6.07, 6.45) is 0. The van der Waals surface area contributed by atoms with Crippen LogP contribution in [0.4, 0.5) is 11.4 Å². The molecule has 0 saturated heterocycles. The Bertz CT molecular complexity index is 961. The van der Waals surface area contributed by atoms with Crippen LogP contribution in [0, 0.1) is 0 Å². The Morgan fingerprint density at radius 1 is 0.786 bits per heavy atom. The largest absolute Gasteiger partial charge is 0.465 e. The number of methoxy groups -OCH3 is 2. The number of amides is 2. The number of ether oxygens (including phenoxy) is 2. The Hall–Kier alpha value is -3.10. The lowest BCUT2D eigenvalue weighted by molar-refractivity contribution is -0.133. The van der Waals surface area contributed by atoms with Gasteiger partial charge in [0.1, 0.15) is 0 Å². The molecule has 2 amide bonds. The summed E-state index contributed by atoms with van der Waals surface area (Å²) in [6.45, 7) is 0. The molecule has 0 spiro atoms. The van der Waals surface area contributed by atoms with Gasteiger partial charge in [-0.25, -0.2) is 9.59 Å². The third-order valence-corrected chi connectivity index (χ3v) is 4.22. The quantitative estimate of drug-likeness (QED) is 0.575. The third kappa shape index (κ3) is 4.99. The van der Waals surface area contributed by atoms with Gasteiger partial charge in [0.15, 0.2) is 0 Å². The number of nitrogens with one attached hydrogen (secondary N) is 2. The molecule has 0 unspecified atom stereocenters. The molecule has 0 fully saturated rings. The van der Waals surface area contributed by atoms with Crippen molar-refractivity contribution < 1.29 is 28.7 Å². The van der Waals surface area contributed by atoms with Crippen LogP contribution in [-0.4, -0.2) is 38.0 Å². The van der Waals surface area contributed by atoms with Crippen molar-refractivity contribution in [2.24, 2.45) is 0 Å². The van der Waals surface area contributed by atoms with Gasteiger partial charge in [0.05, 0.1) is 41.1 Å². The van der Waals surface area contributed by atoms with Crippen LogP contribution in [0.15, 0.2) is 36.4 Å². The van der Waals surface area contributed by atoms with Gasteiger partial charge in [-0.2, -0.15) is 0 Å². The maximum atomic E-state index is 12.2. The molecular weight excluding hydrogens is 411 g/mol. The molecule has 146 valence electrons. The highest BCUT2D eigenvalue weighted by Crippen LogP contribution is 2.25. The molecule has 0 aromatic heterocycles. The Morgan fingerprint density at radius 2 is 1.43 bits per heavy atom. The Labute approximate surface area is 169 Å². The van der Waals surface area contributed by atoms with Crippen LogP contribution in [0.1, 0.15) is 20.7 Å². The predicted molar refractivity (Wildman–Crippen MR) is 103 cm³/mol. The van der Waals surface area contributed by atoms with E-state index in [1.54, 1.807) is 0 Å². The van der Waals surface area contributed by atoms with E-state index in [0.717, 1.165) is 7.11 Å². The molecule has 0 radical (unpaired) electrons. The van der Waals surface area contributed by atoms with E-state index in [0.29, 0.717) is 0 Å². The van der Waals surface area contributed by atoms with Crippen molar-refractivity contribution in [3.8, 4) is 0 Å². The first kappa shape index (κ1) is 21.2. The summed E-state index contributed by atoms with van der Waals surface area (Å²) >= 11 is 11.7. The maximum absolute atomic E-state index is 12.2. The first-order valence-electron chi connectivity index (χ1n) is 7.65. The van der Waals surface area contributed by atoms with E-state index >= 15 is 0 Å². The fourth-order valence-corrected chi connectivity index (χ4v) is 2.42. The average molecular weight is 425 g/mol. The van der Waals surface area contributed by atoms with Crippen molar-refractivity contribution in [3.05, 3.63) is 57.6 Å². The molecule has 0 atom stereocenters. The molecule has 2 N–H and O–H groups in total. The summed E-state index contributed by atoms with van der Waals surface area (Å²) in [5, 5.41) is 5.09. The number of carbonyl (C=O) groups excluding carboxylic acids is 4. The van der Waals surface area contributed by atoms with E-state index in [9.17, 15) is 19.2 Å². The fourth-order valence-electron chi connectivity index (χ4n) is 2.12. The van der Waals surface area contributed by atoms with E-state index in [2.05, 4.69) is 20.1 Å². The summed E-state index contributed by atoms with van der Waals surface area (Å²) in [4.78, 5) is 47.9. The summed E-state index contributed by atoms with van der Waals surface area (Å²) in [7, 11) is 2.33. The summed E-state index contributed by atoms with van der Waals surface area (Å²) in [6, 6.07) is 8.06. The molecular formula is C18H14Cl2N2O6. The lowest BCUT2D eigenvalue weighted by atomic mass is 10.1. The smallest absolute Gasteiger partial charge is 0.339 e. The molecule has 0 aliphatic heterocycles. The minimum atomic E-state index is -1.08. The zero-order valence-corrected chi connectivity index (χ0v) is 16.2. The average Bonchev–Trinajstić information content (AvgIpc) is 2.69. The molecule has 0 saturated carbocycles.